The van der Waals surface area contributed by atoms with Gasteiger partial charge in [0.25, 0.3) is 5.91 Å². The molecule has 0 spiro atoms. The number of aromatic nitrogens is 1. The highest BCUT2D eigenvalue weighted by Crippen LogP contribution is 2.32. The number of carbonyl (C=O) groups is 1. The number of anilines is 2. The average Bonchev–Trinajstić information content (AvgIpc) is 3.32. The highest BCUT2D eigenvalue weighted by atomic mass is 32.1. The Kier molecular flexibility index (Phi) is 7.24. The number of hydrogen-bond acceptors (Lipinski definition) is 7. The van der Waals surface area contributed by atoms with E-state index in [2.05, 4.69) is 39.5 Å². The normalized spacial score (nSPS) is 14.2. The van der Waals surface area contributed by atoms with Gasteiger partial charge in [-0.15, -0.1) is 11.3 Å². The Bertz CT molecular complexity index is 1030. The SMILES string of the molecule is COc1ccc(Nc2nc(C(=O)N3CCN(CCc4ccccc4)CC3)cs2)c(OC)c1. The van der Waals surface area contributed by atoms with Gasteiger partial charge in [-0.25, -0.2) is 4.98 Å². The number of thiazole rings is 1. The largest absolute Gasteiger partial charge is 0.497 e. The Labute approximate surface area is 192 Å². The predicted octanol–water partition coefficient (Wildman–Crippen LogP) is 3.90. The average molecular weight is 453 g/mol. The molecule has 1 aliphatic heterocycles. The van der Waals surface area contributed by atoms with Gasteiger partial charge in [0.05, 0.1) is 19.9 Å². The maximum Gasteiger partial charge on any atom is 0.273 e. The van der Waals surface area contributed by atoms with Gasteiger partial charge in [-0.3, -0.25) is 9.69 Å². The molecule has 1 aliphatic rings. The number of nitrogens with one attached hydrogen (secondary N) is 1. The van der Waals surface area contributed by atoms with E-state index < -0.39 is 0 Å². The summed E-state index contributed by atoms with van der Waals surface area (Å²) in [6, 6.07) is 16.0. The van der Waals surface area contributed by atoms with Crippen molar-refractivity contribution in [1.82, 2.24) is 14.8 Å². The fourth-order valence-electron chi connectivity index (χ4n) is 3.71. The Balaban J connectivity index is 1.30. The molecule has 168 valence electrons. The molecule has 1 fully saturated rings. The molecule has 0 saturated carbocycles. The first kappa shape index (κ1) is 22.1. The molecule has 1 N–H and O–H groups in total. The second-order valence-corrected chi connectivity index (χ2v) is 8.46. The third kappa shape index (κ3) is 5.38. The van der Waals surface area contributed by atoms with E-state index in [1.165, 1.54) is 16.9 Å². The van der Waals surface area contributed by atoms with Gasteiger partial charge in [-0.2, -0.15) is 0 Å². The highest BCUT2D eigenvalue weighted by molar-refractivity contribution is 7.14. The first-order valence-electron chi connectivity index (χ1n) is 10.7. The summed E-state index contributed by atoms with van der Waals surface area (Å²) in [5.41, 5.74) is 2.60. The van der Waals surface area contributed by atoms with Crippen molar-refractivity contribution in [2.24, 2.45) is 0 Å². The highest BCUT2D eigenvalue weighted by Gasteiger charge is 2.24. The lowest BCUT2D eigenvalue weighted by Gasteiger charge is -2.34. The number of rotatable bonds is 8. The molecule has 0 aliphatic carbocycles. The Hall–Kier alpha value is -3.10. The summed E-state index contributed by atoms with van der Waals surface area (Å²) >= 11 is 1.41. The number of amides is 1. The number of ether oxygens (including phenoxy) is 2. The molecule has 0 atom stereocenters. The molecule has 0 bridgehead atoms. The third-order valence-corrected chi connectivity index (χ3v) is 6.35. The zero-order valence-electron chi connectivity index (χ0n) is 18.4. The van der Waals surface area contributed by atoms with Crippen LogP contribution in [0.15, 0.2) is 53.9 Å². The van der Waals surface area contributed by atoms with Crippen LogP contribution >= 0.6 is 11.3 Å². The summed E-state index contributed by atoms with van der Waals surface area (Å²) in [6.45, 7) is 4.23. The van der Waals surface area contributed by atoms with Crippen LogP contribution in [0.2, 0.25) is 0 Å². The van der Waals surface area contributed by atoms with Gasteiger partial charge in [0.2, 0.25) is 0 Å². The molecule has 7 nitrogen and oxygen atoms in total. The van der Waals surface area contributed by atoms with E-state index in [1.54, 1.807) is 20.3 Å². The van der Waals surface area contributed by atoms with Gasteiger partial charge in [0, 0.05) is 44.2 Å². The minimum Gasteiger partial charge on any atom is -0.497 e. The van der Waals surface area contributed by atoms with Crippen LogP contribution in [0.1, 0.15) is 16.1 Å². The second-order valence-electron chi connectivity index (χ2n) is 7.60. The maximum absolute atomic E-state index is 12.9. The summed E-state index contributed by atoms with van der Waals surface area (Å²) in [4.78, 5) is 21.8. The fraction of sp³-hybridized carbons (Fsp3) is 0.333. The first-order valence-corrected chi connectivity index (χ1v) is 11.5. The van der Waals surface area contributed by atoms with Crippen molar-refractivity contribution < 1.29 is 14.3 Å². The van der Waals surface area contributed by atoms with E-state index in [-0.39, 0.29) is 5.91 Å². The van der Waals surface area contributed by atoms with Crippen molar-refractivity contribution in [3.63, 3.8) is 0 Å². The van der Waals surface area contributed by atoms with E-state index in [4.69, 9.17) is 9.47 Å². The molecule has 3 aromatic rings. The minimum absolute atomic E-state index is 0.0151. The maximum atomic E-state index is 12.9. The lowest BCUT2D eigenvalue weighted by atomic mass is 10.1. The number of nitrogens with zero attached hydrogens (tertiary/aromatic N) is 3. The second kappa shape index (κ2) is 10.5. The van der Waals surface area contributed by atoms with E-state index in [0.29, 0.717) is 22.3 Å². The van der Waals surface area contributed by atoms with E-state index in [1.807, 2.05) is 28.5 Å². The first-order chi connectivity index (χ1) is 15.7. The molecule has 1 aromatic heterocycles. The lowest BCUT2D eigenvalue weighted by molar-refractivity contribution is 0.0633. The van der Waals surface area contributed by atoms with Gasteiger partial charge in [0.1, 0.15) is 17.2 Å². The molecule has 2 heterocycles. The Morgan fingerprint density at radius 2 is 1.84 bits per heavy atom. The zero-order chi connectivity index (χ0) is 22.3. The number of carbonyl (C=O) groups excluding carboxylic acids is 1. The van der Waals surface area contributed by atoms with Crippen LogP contribution in [0.3, 0.4) is 0 Å². The van der Waals surface area contributed by atoms with Crippen molar-refractivity contribution in [1.29, 1.82) is 0 Å². The molecule has 0 unspecified atom stereocenters. The molecule has 8 heteroatoms. The Morgan fingerprint density at radius 3 is 2.56 bits per heavy atom. The minimum atomic E-state index is -0.0151. The standard InChI is InChI=1S/C24H28N4O3S/c1-30-19-8-9-20(22(16-19)31-2)25-24-26-21(17-32-24)23(29)28-14-12-27(13-15-28)11-10-18-6-4-3-5-7-18/h3-9,16-17H,10-15H2,1-2H3,(H,25,26). The van der Waals surface area contributed by atoms with Gasteiger partial charge in [0.15, 0.2) is 5.13 Å². The van der Waals surface area contributed by atoms with Gasteiger partial charge in [-0.1, -0.05) is 30.3 Å². The van der Waals surface area contributed by atoms with Crippen molar-refractivity contribution >= 4 is 28.1 Å². The van der Waals surface area contributed by atoms with Gasteiger partial charge in [-0.05, 0) is 24.1 Å². The van der Waals surface area contributed by atoms with E-state index in [9.17, 15) is 4.79 Å². The molecule has 0 radical (unpaired) electrons. The van der Waals surface area contributed by atoms with Gasteiger partial charge < -0.3 is 19.7 Å². The zero-order valence-corrected chi connectivity index (χ0v) is 19.2. The van der Waals surface area contributed by atoms with Crippen molar-refractivity contribution in [3.05, 3.63) is 65.2 Å². The van der Waals surface area contributed by atoms with Crippen LogP contribution in [-0.2, 0) is 6.42 Å². The van der Waals surface area contributed by atoms with Crippen LogP contribution in [-0.4, -0.2) is 67.6 Å². The number of methoxy groups -OCH3 is 2. The van der Waals surface area contributed by atoms with E-state index >= 15 is 0 Å². The summed E-state index contributed by atoms with van der Waals surface area (Å²) in [7, 11) is 3.22. The number of piperazine rings is 1. The van der Waals surface area contributed by atoms with Gasteiger partial charge >= 0.3 is 0 Å². The van der Waals surface area contributed by atoms with Crippen LogP contribution in [0, 0.1) is 0 Å². The predicted molar refractivity (Wildman–Crippen MR) is 127 cm³/mol. The fourth-order valence-corrected chi connectivity index (χ4v) is 4.41. The molecule has 32 heavy (non-hydrogen) atoms. The molecule has 4 rings (SSSR count). The molecular formula is C24H28N4O3S. The molecule has 1 amide bonds. The van der Waals surface area contributed by atoms with Crippen LogP contribution in [0.5, 0.6) is 11.5 Å². The summed E-state index contributed by atoms with van der Waals surface area (Å²) in [5, 5.41) is 5.70. The third-order valence-electron chi connectivity index (χ3n) is 5.59. The van der Waals surface area contributed by atoms with Crippen LogP contribution in [0.4, 0.5) is 10.8 Å². The number of hydrogen-bond donors (Lipinski definition) is 1. The van der Waals surface area contributed by atoms with Crippen LogP contribution < -0.4 is 14.8 Å². The van der Waals surface area contributed by atoms with Crippen molar-refractivity contribution in [3.8, 4) is 11.5 Å². The van der Waals surface area contributed by atoms with Crippen molar-refractivity contribution in [2.75, 3.05) is 52.3 Å². The smallest absolute Gasteiger partial charge is 0.273 e. The van der Waals surface area contributed by atoms with Crippen molar-refractivity contribution in [2.45, 2.75) is 6.42 Å². The molecule has 1 saturated heterocycles. The summed E-state index contributed by atoms with van der Waals surface area (Å²) in [5.74, 6) is 1.35. The number of benzene rings is 2. The molecule has 2 aromatic carbocycles. The lowest BCUT2D eigenvalue weighted by Crippen LogP contribution is -2.49. The van der Waals surface area contributed by atoms with E-state index in [0.717, 1.165) is 44.8 Å². The topological polar surface area (TPSA) is 66.9 Å². The summed E-state index contributed by atoms with van der Waals surface area (Å²) in [6.07, 6.45) is 1.03. The summed E-state index contributed by atoms with van der Waals surface area (Å²) < 4.78 is 10.7. The molecular weight excluding hydrogens is 424 g/mol. The quantitative estimate of drug-likeness (QED) is 0.559. The Morgan fingerprint density at radius 1 is 1.06 bits per heavy atom. The van der Waals surface area contributed by atoms with Crippen LogP contribution in [0.25, 0.3) is 0 Å². The monoisotopic (exact) mass is 452 g/mol.